The first-order valence-corrected chi connectivity index (χ1v) is 11.4. The van der Waals surface area contributed by atoms with Gasteiger partial charge in [0.05, 0.1) is 6.04 Å². The molecule has 1 aromatic carbocycles. The summed E-state index contributed by atoms with van der Waals surface area (Å²) in [5.74, 6) is 0.271. The largest absolute Gasteiger partial charge is 0.371 e. The molecule has 5 N–H and O–H groups in total. The summed E-state index contributed by atoms with van der Waals surface area (Å²) in [6.45, 7) is 2.32. The topological polar surface area (TPSA) is 139 Å². The molecule has 1 heterocycles. The molecular formula is C15H25NO7P2. The molecule has 0 saturated carbocycles. The highest BCUT2D eigenvalue weighted by molar-refractivity contribution is 7.72. The first kappa shape index (κ1) is 20.7. The Morgan fingerprint density at radius 1 is 1.08 bits per heavy atom. The summed E-state index contributed by atoms with van der Waals surface area (Å²) in [7, 11) is -10.9. The highest BCUT2D eigenvalue weighted by Gasteiger charge is 2.65. The Morgan fingerprint density at radius 3 is 1.96 bits per heavy atom. The molecule has 1 unspecified atom stereocenters. The van der Waals surface area contributed by atoms with E-state index in [-0.39, 0.29) is 12.3 Å². The molecule has 2 rings (SSSR count). The third kappa shape index (κ3) is 4.07. The number of aliphatic hydroxyl groups is 1. The van der Waals surface area contributed by atoms with Crippen molar-refractivity contribution in [2.75, 3.05) is 13.1 Å². The molecule has 0 spiro atoms. The minimum absolute atomic E-state index is 0.00270. The molecule has 10 heteroatoms. The lowest BCUT2D eigenvalue weighted by Crippen LogP contribution is -2.54. The summed E-state index contributed by atoms with van der Waals surface area (Å²) in [6, 6.07) is 8.50. The highest BCUT2D eigenvalue weighted by Crippen LogP contribution is 2.70. The lowest BCUT2D eigenvalue weighted by atomic mass is 9.89. The van der Waals surface area contributed by atoms with Crippen molar-refractivity contribution in [1.29, 1.82) is 0 Å². The summed E-state index contributed by atoms with van der Waals surface area (Å²) in [6.07, 6.45) is 1.36. The standard InChI is InChI=1S/C15H25NO7P2/c1-2-14(15(17,24(18,19)20)25(21,22)23)16-10-8-13(9-11-16)12-6-4-3-5-7-12/h3-7,13-14,17H,2,8-11H2,1H3,(H2,18,19,20)(H2,21,22,23). The molecule has 0 aromatic heterocycles. The third-order valence-corrected chi connectivity index (χ3v) is 8.81. The van der Waals surface area contributed by atoms with E-state index in [0.29, 0.717) is 25.9 Å². The fourth-order valence-corrected chi connectivity index (χ4v) is 6.43. The number of likely N-dealkylation sites (tertiary alicyclic amines) is 1. The number of benzene rings is 1. The highest BCUT2D eigenvalue weighted by atomic mass is 31.2. The molecule has 1 atom stereocenters. The smallest absolute Gasteiger partial charge is 0.366 e. The lowest BCUT2D eigenvalue weighted by Gasteiger charge is -2.44. The fourth-order valence-electron chi connectivity index (χ4n) is 3.60. The fraction of sp³-hybridized carbons (Fsp3) is 0.600. The van der Waals surface area contributed by atoms with E-state index in [0.717, 1.165) is 5.56 Å². The van der Waals surface area contributed by atoms with Crippen LogP contribution in [0.5, 0.6) is 0 Å². The molecule has 0 amide bonds. The van der Waals surface area contributed by atoms with Crippen molar-refractivity contribution in [1.82, 2.24) is 4.90 Å². The van der Waals surface area contributed by atoms with Gasteiger partial charge in [-0.25, -0.2) is 0 Å². The third-order valence-electron chi connectivity index (χ3n) is 4.93. The molecule has 1 aliphatic heterocycles. The van der Waals surface area contributed by atoms with Gasteiger partial charge in [-0.15, -0.1) is 0 Å². The maximum Gasteiger partial charge on any atom is 0.371 e. The van der Waals surface area contributed by atoms with Gasteiger partial charge in [0.25, 0.3) is 5.08 Å². The first-order valence-electron chi connectivity index (χ1n) is 8.15. The lowest BCUT2D eigenvalue weighted by molar-refractivity contribution is 0.0201. The molecule has 25 heavy (non-hydrogen) atoms. The predicted molar refractivity (Wildman–Crippen MR) is 93.1 cm³/mol. The van der Waals surface area contributed by atoms with Crippen LogP contribution >= 0.6 is 15.2 Å². The van der Waals surface area contributed by atoms with Gasteiger partial charge in [0.15, 0.2) is 0 Å². The maximum absolute atomic E-state index is 11.8. The quantitative estimate of drug-likeness (QED) is 0.460. The molecular weight excluding hydrogens is 368 g/mol. The molecule has 0 bridgehead atoms. The Balaban J connectivity index is 2.22. The van der Waals surface area contributed by atoms with E-state index < -0.39 is 26.3 Å². The zero-order valence-corrected chi connectivity index (χ0v) is 15.8. The molecule has 0 aliphatic carbocycles. The van der Waals surface area contributed by atoms with Crippen LogP contribution in [0, 0.1) is 0 Å². The monoisotopic (exact) mass is 393 g/mol. The normalized spacial score (nSPS) is 19.8. The van der Waals surface area contributed by atoms with Crippen LogP contribution in [0.4, 0.5) is 0 Å². The van der Waals surface area contributed by atoms with E-state index >= 15 is 0 Å². The summed E-state index contributed by atoms with van der Waals surface area (Å²) in [5.41, 5.74) is 1.16. The van der Waals surface area contributed by atoms with Crippen LogP contribution in [0.2, 0.25) is 0 Å². The SMILES string of the molecule is CCC(N1CCC(c2ccccc2)CC1)C(O)(P(=O)(O)O)P(=O)(O)O. The van der Waals surface area contributed by atoms with E-state index in [4.69, 9.17) is 0 Å². The summed E-state index contributed by atoms with van der Waals surface area (Å²) < 4.78 is 23.5. The Bertz CT molecular complexity index is 642. The average molecular weight is 393 g/mol. The van der Waals surface area contributed by atoms with Crippen LogP contribution < -0.4 is 0 Å². The van der Waals surface area contributed by atoms with Crippen molar-refractivity contribution in [2.45, 2.75) is 43.2 Å². The Labute approximate surface area is 146 Å². The second kappa shape index (κ2) is 7.59. The maximum atomic E-state index is 11.8. The zero-order valence-electron chi connectivity index (χ0n) is 14.0. The van der Waals surface area contributed by atoms with Gasteiger partial charge in [0.2, 0.25) is 0 Å². The second-order valence-electron chi connectivity index (χ2n) is 6.42. The van der Waals surface area contributed by atoms with E-state index in [9.17, 15) is 33.8 Å². The van der Waals surface area contributed by atoms with Crippen molar-refractivity contribution in [2.24, 2.45) is 0 Å². The van der Waals surface area contributed by atoms with Crippen LogP contribution in [0.25, 0.3) is 0 Å². The molecule has 142 valence electrons. The predicted octanol–water partition coefficient (Wildman–Crippen LogP) is 1.65. The molecule has 8 nitrogen and oxygen atoms in total. The van der Waals surface area contributed by atoms with Gasteiger partial charge in [-0.1, -0.05) is 37.3 Å². The van der Waals surface area contributed by atoms with E-state index in [1.54, 1.807) is 11.8 Å². The van der Waals surface area contributed by atoms with Crippen LogP contribution in [-0.2, 0) is 9.13 Å². The van der Waals surface area contributed by atoms with Gasteiger partial charge in [0.1, 0.15) is 0 Å². The van der Waals surface area contributed by atoms with Gasteiger partial charge < -0.3 is 24.7 Å². The van der Waals surface area contributed by atoms with E-state index in [1.807, 2.05) is 30.3 Å². The van der Waals surface area contributed by atoms with Crippen LogP contribution in [0.15, 0.2) is 30.3 Å². The minimum Gasteiger partial charge on any atom is -0.366 e. The van der Waals surface area contributed by atoms with Gasteiger partial charge in [-0.2, -0.15) is 0 Å². The Kier molecular flexibility index (Phi) is 6.30. The van der Waals surface area contributed by atoms with Gasteiger partial charge in [0, 0.05) is 0 Å². The second-order valence-corrected chi connectivity index (χ2v) is 10.3. The molecule has 1 aromatic rings. The van der Waals surface area contributed by atoms with Crippen LogP contribution in [-0.4, -0.2) is 53.8 Å². The Hall–Kier alpha value is -0.560. The van der Waals surface area contributed by atoms with Crippen LogP contribution in [0.1, 0.15) is 37.7 Å². The number of rotatable bonds is 6. The van der Waals surface area contributed by atoms with Crippen molar-refractivity contribution >= 4 is 15.2 Å². The first-order chi connectivity index (χ1) is 11.5. The Morgan fingerprint density at radius 2 is 1.56 bits per heavy atom. The molecule has 1 aliphatic rings. The van der Waals surface area contributed by atoms with E-state index in [1.165, 1.54) is 0 Å². The average Bonchev–Trinajstić information content (AvgIpc) is 2.55. The summed E-state index contributed by atoms with van der Waals surface area (Å²) in [5, 5.41) is 7.02. The zero-order chi connectivity index (χ0) is 18.9. The minimum atomic E-state index is -5.47. The van der Waals surface area contributed by atoms with Gasteiger partial charge in [-0.3, -0.25) is 14.0 Å². The molecule has 1 saturated heterocycles. The summed E-state index contributed by atoms with van der Waals surface area (Å²) >= 11 is 0. The van der Waals surface area contributed by atoms with Gasteiger partial charge >= 0.3 is 15.2 Å². The molecule has 0 radical (unpaired) electrons. The number of nitrogens with zero attached hydrogens (tertiary/aromatic N) is 1. The summed E-state index contributed by atoms with van der Waals surface area (Å²) in [4.78, 5) is 39.5. The number of hydrogen-bond acceptors (Lipinski definition) is 4. The van der Waals surface area contributed by atoms with Crippen LogP contribution in [0.3, 0.4) is 0 Å². The van der Waals surface area contributed by atoms with Gasteiger partial charge in [-0.05, 0) is 43.8 Å². The van der Waals surface area contributed by atoms with Crippen molar-refractivity contribution in [3.8, 4) is 0 Å². The molecule has 1 fully saturated rings. The number of hydrogen-bond donors (Lipinski definition) is 5. The van der Waals surface area contributed by atoms with Crippen molar-refractivity contribution < 1.29 is 33.8 Å². The van der Waals surface area contributed by atoms with E-state index in [2.05, 4.69) is 0 Å². The number of piperidine rings is 1. The van der Waals surface area contributed by atoms with Crippen molar-refractivity contribution in [3.05, 3.63) is 35.9 Å². The van der Waals surface area contributed by atoms with Crippen molar-refractivity contribution in [3.63, 3.8) is 0 Å².